The third-order valence-electron chi connectivity index (χ3n) is 5.22. The van der Waals surface area contributed by atoms with Crippen molar-refractivity contribution in [2.75, 3.05) is 13.1 Å². The van der Waals surface area contributed by atoms with Crippen molar-refractivity contribution >= 4 is 0 Å². The average Bonchev–Trinajstić information content (AvgIpc) is 2.30. The van der Waals surface area contributed by atoms with E-state index < -0.39 is 0 Å². The van der Waals surface area contributed by atoms with Crippen molar-refractivity contribution in [3.63, 3.8) is 0 Å². The van der Waals surface area contributed by atoms with Gasteiger partial charge in [-0.3, -0.25) is 0 Å². The van der Waals surface area contributed by atoms with Crippen LogP contribution in [0, 0.1) is 11.8 Å². The lowest BCUT2D eigenvalue weighted by Crippen LogP contribution is -2.53. The lowest BCUT2D eigenvalue weighted by atomic mass is 9.67. The number of aliphatic hydroxyl groups is 1. The van der Waals surface area contributed by atoms with Crippen molar-refractivity contribution in [2.24, 2.45) is 11.8 Å². The molecule has 0 aromatic heterocycles. The molecule has 1 aliphatic heterocycles. The molecule has 2 nitrogen and oxygen atoms in total. The summed E-state index contributed by atoms with van der Waals surface area (Å²) in [5, 5.41) is 10.4. The predicted octanol–water partition coefficient (Wildman–Crippen LogP) is 2.41. The van der Waals surface area contributed by atoms with Gasteiger partial charge in [0, 0.05) is 12.0 Å². The molecule has 2 aliphatic carbocycles. The fourth-order valence-electron chi connectivity index (χ4n) is 4.34. The molecule has 0 spiro atoms. The number of hydrogen-bond donors (Lipinski definition) is 1. The van der Waals surface area contributed by atoms with Crippen molar-refractivity contribution in [2.45, 2.75) is 63.5 Å². The Morgan fingerprint density at radius 3 is 2.44 bits per heavy atom. The van der Waals surface area contributed by atoms with Gasteiger partial charge in [-0.2, -0.15) is 0 Å². The Labute approximate surface area is 99.0 Å². The molecule has 2 heteroatoms. The van der Waals surface area contributed by atoms with Crippen LogP contribution in [-0.2, 0) is 0 Å². The molecule has 1 heterocycles. The number of hydrogen-bond acceptors (Lipinski definition) is 2. The van der Waals surface area contributed by atoms with Crippen LogP contribution in [0.4, 0.5) is 0 Å². The molecular weight excluding hydrogens is 198 g/mol. The second kappa shape index (κ2) is 4.66. The number of aliphatic hydroxyl groups excluding tert-OH is 1. The first-order chi connectivity index (χ1) is 7.86. The zero-order valence-corrected chi connectivity index (χ0v) is 10.3. The number of piperidine rings is 1. The Kier molecular flexibility index (Phi) is 3.21. The van der Waals surface area contributed by atoms with Gasteiger partial charge in [0.2, 0.25) is 0 Å². The highest BCUT2D eigenvalue weighted by atomic mass is 16.3. The van der Waals surface area contributed by atoms with Crippen LogP contribution < -0.4 is 0 Å². The van der Waals surface area contributed by atoms with E-state index in [1.807, 2.05) is 0 Å². The van der Waals surface area contributed by atoms with Gasteiger partial charge < -0.3 is 10.0 Å². The van der Waals surface area contributed by atoms with Crippen LogP contribution in [-0.4, -0.2) is 35.2 Å². The van der Waals surface area contributed by atoms with Crippen LogP contribution in [0.2, 0.25) is 0 Å². The summed E-state index contributed by atoms with van der Waals surface area (Å²) in [6, 6.07) is 0.715. The van der Waals surface area contributed by atoms with Gasteiger partial charge in [-0.25, -0.2) is 0 Å². The normalized spacial score (nSPS) is 45.6. The van der Waals surface area contributed by atoms with Crippen molar-refractivity contribution in [3.05, 3.63) is 0 Å². The summed E-state index contributed by atoms with van der Waals surface area (Å²) in [5.74, 6) is 1.24. The molecule has 3 rings (SSSR count). The van der Waals surface area contributed by atoms with E-state index in [1.165, 1.54) is 64.5 Å². The van der Waals surface area contributed by atoms with E-state index in [9.17, 15) is 5.11 Å². The number of fused-ring (bicyclic) bond motifs is 2. The van der Waals surface area contributed by atoms with E-state index >= 15 is 0 Å². The maximum Gasteiger partial charge on any atom is 0.0611 e. The lowest BCUT2D eigenvalue weighted by Gasteiger charge is -2.49. The highest BCUT2D eigenvalue weighted by Gasteiger charge is 2.42. The third-order valence-corrected chi connectivity index (χ3v) is 5.22. The monoisotopic (exact) mass is 223 g/mol. The van der Waals surface area contributed by atoms with Crippen LogP contribution in [0.25, 0.3) is 0 Å². The topological polar surface area (TPSA) is 23.5 Å². The molecule has 92 valence electrons. The summed E-state index contributed by atoms with van der Waals surface area (Å²) in [6.07, 6.45) is 10.7. The van der Waals surface area contributed by atoms with Crippen LogP contribution in [0.15, 0.2) is 0 Å². The molecule has 0 radical (unpaired) electrons. The van der Waals surface area contributed by atoms with Crippen molar-refractivity contribution in [1.82, 2.24) is 4.90 Å². The highest BCUT2D eigenvalue weighted by molar-refractivity contribution is 4.95. The zero-order valence-electron chi connectivity index (χ0n) is 10.3. The van der Waals surface area contributed by atoms with Gasteiger partial charge in [-0.1, -0.05) is 12.8 Å². The SMILES string of the molecule is O[C@@H]1[C@@H]2CCC[C@H]1[C@@H](N1CCCCC1)CC2. The molecule has 0 unspecified atom stereocenters. The van der Waals surface area contributed by atoms with Gasteiger partial charge in [0.05, 0.1) is 6.10 Å². The second-order valence-electron chi connectivity index (χ2n) is 6.09. The standard InChI is InChI=1S/C14H25NO/c16-14-11-5-4-6-12(14)13(8-7-11)15-9-2-1-3-10-15/h11-14,16H,1-10H2/t11-,12+,13+,14-/m1/s1. The third kappa shape index (κ3) is 1.91. The first-order valence-corrected chi connectivity index (χ1v) is 7.28. The summed E-state index contributed by atoms with van der Waals surface area (Å²) in [5.41, 5.74) is 0. The van der Waals surface area contributed by atoms with Gasteiger partial charge in [-0.05, 0) is 57.5 Å². The van der Waals surface area contributed by atoms with Crippen LogP contribution >= 0.6 is 0 Å². The smallest absolute Gasteiger partial charge is 0.0611 e. The summed E-state index contributed by atoms with van der Waals surface area (Å²) in [7, 11) is 0. The van der Waals surface area contributed by atoms with Gasteiger partial charge in [0.25, 0.3) is 0 Å². The second-order valence-corrected chi connectivity index (χ2v) is 6.09. The Hall–Kier alpha value is -0.0800. The maximum atomic E-state index is 10.4. The number of likely N-dealkylation sites (tertiary alicyclic amines) is 1. The Morgan fingerprint density at radius 2 is 1.62 bits per heavy atom. The largest absolute Gasteiger partial charge is 0.392 e. The molecule has 3 fully saturated rings. The van der Waals surface area contributed by atoms with E-state index in [2.05, 4.69) is 4.90 Å². The molecule has 0 aromatic carbocycles. The fourth-order valence-corrected chi connectivity index (χ4v) is 4.34. The van der Waals surface area contributed by atoms with Gasteiger partial charge in [0.15, 0.2) is 0 Å². The summed E-state index contributed by atoms with van der Waals surface area (Å²) >= 11 is 0. The number of nitrogens with zero attached hydrogens (tertiary/aromatic N) is 1. The maximum absolute atomic E-state index is 10.4. The van der Waals surface area contributed by atoms with Gasteiger partial charge >= 0.3 is 0 Å². The molecule has 0 amide bonds. The van der Waals surface area contributed by atoms with E-state index in [0.717, 1.165) is 0 Å². The van der Waals surface area contributed by atoms with E-state index in [0.29, 0.717) is 17.9 Å². The van der Waals surface area contributed by atoms with Crippen molar-refractivity contribution in [1.29, 1.82) is 0 Å². The van der Waals surface area contributed by atoms with Gasteiger partial charge in [-0.15, -0.1) is 0 Å². The minimum atomic E-state index is 0.0226. The molecule has 2 saturated carbocycles. The lowest BCUT2D eigenvalue weighted by molar-refractivity contribution is -0.0659. The molecule has 4 atom stereocenters. The molecule has 16 heavy (non-hydrogen) atoms. The Balaban J connectivity index is 1.69. The predicted molar refractivity (Wildman–Crippen MR) is 65.3 cm³/mol. The molecule has 1 saturated heterocycles. The van der Waals surface area contributed by atoms with Crippen LogP contribution in [0.5, 0.6) is 0 Å². The van der Waals surface area contributed by atoms with E-state index in [-0.39, 0.29) is 6.10 Å². The van der Waals surface area contributed by atoms with E-state index in [4.69, 9.17) is 0 Å². The average molecular weight is 223 g/mol. The minimum absolute atomic E-state index is 0.0226. The zero-order chi connectivity index (χ0) is 11.0. The molecule has 1 N–H and O–H groups in total. The van der Waals surface area contributed by atoms with Crippen molar-refractivity contribution in [3.8, 4) is 0 Å². The quantitative estimate of drug-likeness (QED) is 0.738. The van der Waals surface area contributed by atoms with E-state index in [1.54, 1.807) is 0 Å². The Bertz CT molecular complexity index is 237. The molecule has 2 bridgehead atoms. The molecule has 3 aliphatic rings. The van der Waals surface area contributed by atoms with Crippen LogP contribution in [0.3, 0.4) is 0 Å². The van der Waals surface area contributed by atoms with Crippen molar-refractivity contribution < 1.29 is 5.11 Å². The first-order valence-electron chi connectivity index (χ1n) is 7.28. The highest BCUT2D eigenvalue weighted by Crippen LogP contribution is 2.42. The number of rotatable bonds is 1. The molecule has 0 aromatic rings. The summed E-state index contributed by atoms with van der Waals surface area (Å²) in [6.45, 7) is 2.58. The first kappa shape index (κ1) is 11.0. The minimum Gasteiger partial charge on any atom is -0.392 e. The summed E-state index contributed by atoms with van der Waals surface area (Å²) < 4.78 is 0. The van der Waals surface area contributed by atoms with Gasteiger partial charge in [0.1, 0.15) is 0 Å². The Morgan fingerprint density at radius 1 is 0.812 bits per heavy atom. The summed E-state index contributed by atoms with van der Waals surface area (Å²) in [4.78, 5) is 2.69. The molecular formula is C14H25NO. The van der Waals surface area contributed by atoms with Crippen LogP contribution in [0.1, 0.15) is 51.4 Å². The fraction of sp³-hybridized carbons (Fsp3) is 1.00.